The van der Waals surface area contributed by atoms with Gasteiger partial charge < -0.3 is 10.2 Å². The Balaban J connectivity index is 1.48. The minimum atomic E-state index is -0.958. The van der Waals surface area contributed by atoms with E-state index in [0.717, 1.165) is 42.9 Å². The summed E-state index contributed by atoms with van der Waals surface area (Å²) in [5.41, 5.74) is -0.485. The molecule has 4 saturated carbocycles. The van der Waals surface area contributed by atoms with Gasteiger partial charge in [-0.25, -0.2) is 0 Å². The van der Waals surface area contributed by atoms with E-state index < -0.39 is 11.2 Å². The molecule has 170 valence electrons. The summed E-state index contributed by atoms with van der Waals surface area (Å²) in [5, 5.41) is 21.0. The monoisotopic (exact) mass is 414 g/mol. The minimum Gasteiger partial charge on any atom is -0.390 e. The van der Waals surface area contributed by atoms with Gasteiger partial charge in [-0.2, -0.15) is 0 Å². The average Bonchev–Trinajstić information content (AvgIpc) is 3.04. The van der Waals surface area contributed by atoms with Crippen LogP contribution in [0.25, 0.3) is 0 Å². The maximum absolute atomic E-state index is 10.7. The summed E-state index contributed by atoms with van der Waals surface area (Å²) in [6, 6.07) is 0. The van der Waals surface area contributed by atoms with Crippen LogP contribution in [0.3, 0.4) is 0 Å². The summed E-state index contributed by atoms with van der Waals surface area (Å²) in [6.45, 7) is 11.5. The van der Waals surface area contributed by atoms with E-state index in [2.05, 4.69) is 33.6 Å². The Labute approximate surface area is 185 Å². The molecule has 4 aliphatic rings. The summed E-state index contributed by atoms with van der Waals surface area (Å²) in [4.78, 5) is 0. The third-order valence-corrected chi connectivity index (χ3v) is 11.1. The molecule has 10 unspecified atom stereocenters. The van der Waals surface area contributed by atoms with Crippen molar-refractivity contribution in [2.24, 2.45) is 46.3 Å². The zero-order chi connectivity index (χ0) is 21.9. The third-order valence-electron chi connectivity index (χ3n) is 11.1. The van der Waals surface area contributed by atoms with E-state index in [1.807, 2.05) is 0 Å². The fraction of sp³-hybridized carbons (Fsp3) is 0.929. The number of hydrogen-bond acceptors (Lipinski definition) is 2. The first kappa shape index (κ1) is 22.7. The summed E-state index contributed by atoms with van der Waals surface area (Å²) in [7, 11) is 0. The van der Waals surface area contributed by atoms with Crippen molar-refractivity contribution in [2.75, 3.05) is 0 Å². The van der Waals surface area contributed by atoms with E-state index in [9.17, 15) is 10.2 Å². The molecule has 0 aromatic rings. The minimum absolute atomic E-state index is 0.437. The van der Waals surface area contributed by atoms with Gasteiger partial charge in [-0.3, -0.25) is 0 Å². The topological polar surface area (TPSA) is 40.5 Å². The molecule has 0 aromatic heterocycles. The fourth-order valence-corrected chi connectivity index (χ4v) is 9.19. The summed E-state index contributed by atoms with van der Waals surface area (Å²) in [6.07, 6.45) is 18.7. The molecule has 4 fully saturated rings. The van der Waals surface area contributed by atoms with Gasteiger partial charge in [-0.05, 0) is 131 Å². The Bertz CT molecular complexity index is 687. The van der Waals surface area contributed by atoms with E-state index in [1.165, 1.54) is 44.9 Å². The van der Waals surface area contributed by atoms with Crippen LogP contribution < -0.4 is 0 Å². The van der Waals surface area contributed by atoms with Crippen LogP contribution in [-0.4, -0.2) is 21.4 Å². The van der Waals surface area contributed by atoms with Crippen LogP contribution in [0.2, 0.25) is 0 Å². The lowest BCUT2D eigenvalue weighted by atomic mass is 9.43. The molecule has 0 spiro atoms. The number of aliphatic hydroxyl groups is 2. The summed E-state index contributed by atoms with van der Waals surface area (Å²) >= 11 is 0. The average molecular weight is 415 g/mol. The molecule has 0 radical (unpaired) electrons. The first-order valence-electron chi connectivity index (χ1n) is 12.8. The normalized spacial score (nSPS) is 51.1. The standard InChI is InChI=1S/C28H46O2/c1-7-25(3,29)14-12-19(2)22-10-11-23-21-9-8-20-18-26(4,30)16-17-27(20,5)24(21)13-15-28(22,23)6/h1,19-24,29-30H,8-18H2,2-6H3. The Morgan fingerprint density at radius 2 is 1.70 bits per heavy atom. The number of rotatable bonds is 4. The SMILES string of the molecule is C#CC(C)(O)CCC(C)C1CCC2C3CCC4CC(C)(O)CCC4(C)C3CCC12C. The lowest BCUT2D eigenvalue weighted by molar-refractivity contribution is -0.148. The van der Waals surface area contributed by atoms with Crippen LogP contribution in [-0.2, 0) is 0 Å². The molecule has 2 heteroatoms. The highest BCUT2D eigenvalue weighted by molar-refractivity contribution is 5.11. The molecule has 10 atom stereocenters. The molecule has 0 bridgehead atoms. The molecule has 2 nitrogen and oxygen atoms in total. The summed E-state index contributed by atoms with van der Waals surface area (Å²) < 4.78 is 0. The second-order valence-electron chi connectivity index (χ2n) is 13.0. The first-order chi connectivity index (χ1) is 13.9. The van der Waals surface area contributed by atoms with Crippen LogP contribution in [0.5, 0.6) is 0 Å². The highest BCUT2D eigenvalue weighted by atomic mass is 16.3. The fourth-order valence-electron chi connectivity index (χ4n) is 9.19. The van der Waals surface area contributed by atoms with Gasteiger partial charge in [-0.15, -0.1) is 6.42 Å². The van der Waals surface area contributed by atoms with Crippen molar-refractivity contribution in [1.82, 2.24) is 0 Å². The van der Waals surface area contributed by atoms with Gasteiger partial charge in [0.15, 0.2) is 0 Å². The summed E-state index contributed by atoms with van der Waals surface area (Å²) in [5.74, 6) is 7.31. The Morgan fingerprint density at radius 3 is 2.40 bits per heavy atom. The van der Waals surface area contributed by atoms with Crippen LogP contribution in [0.15, 0.2) is 0 Å². The van der Waals surface area contributed by atoms with E-state index >= 15 is 0 Å². The number of fused-ring (bicyclic) bond motifs is 5. The lowest BCUT2D eigenvalue weighted by Crippen LogP contribution is -2.55. The van der Waals surface area contributed by atoms with Crippen molar-refractivity contribution in [3.05, 3.63) is 0 Å². The molecule has 0 aliphatic heterocycles. The van der Waals surface area contributed by atoms with Crippen LogP contribution in [0.4, 0.5) is 0 Å². The largest absolute Gasteiger partial charge is 0.390 e. The smallest absolute Gasteiger partial charge is 0.122 e. The predicted molar refractivity (Wildman–Crippen MR) is 124 cm³/mol. The zero-order valence-electron chi connectivity index (χ0n) is 20.2. The molecule has 0 saturated heterocycles. The lowest BCUT2D eigenvalue weighted by Gasteiger charge is -2.62. The highest BCUT2D eigenvalue weighted by Crippen LogP contribution is 2.68. The number of hydrogen-bond donors (Lipinski definition) is 2. The zero-order valence-corrected chi connectivity index (χ0v) is 20.2. The van der Waals surface area contributed by atoms with Crippen molar-refractivity contribution < 1.29 is 10.2 Å². The Morgan fingerprint density at radius 1 is 1.00 bits per heavy atom. The quantitative estimate of drug-likeness (QED) is 0.538. The van der Waals surface area contributed by atoms with Gasteiger partial charge in [0.05, 0.1) is 5.60 Å². The second kappa shape index (κ2) is 7.52. The van der Waals surface area contributed by atoms with E-state index in [1.54, 1.807) is 6.92 Å². The van der Waals surface area contributed by atoms with Crippen LogP contribution in [0, 0.1) is 58.7 Å². The Hall–Kier alpha value is -0.520. The molecule has 2 N–H and O–H groups in total. The molecule has 4 aliphatic carbocycles. The van der Waals surface area contributed by atoms with Gasteiger partial charge in [0.2, 0.25) is 0 Å². The van der Waals surface area contributed by atoms with E-state index in [4.69, 9.17) is 6.42 Å². The van der Waals surface area contributed by atoms with Gasteiger partial charge in [0.25, 0.3) is 0 Å². The van der Waals surface area contributed by atoms with Crippen molar-refractivity contribution in [3.63, 3.8) is 0 Å². The van der Waals surface area contributed by atoms with Crippen molar-refractivity contribution in [3.8, 4) is 12.3 Å². The molecular weight excluding hydrogens is 368 g/mol. The Kier molecular flexibility index (Phi) is 5.68. The molecule has 0 heterocycles. The van der Waals surface area contributed by atoms with Crippen molar-refractivity contribution in [1.29, 1.82) is 0 Å². The second-order valence-corrected chi connectivity index (χ2v) is 13.0. The van der Waals surface area contributed by atoms with Crippen molar-refractivity contribution in [2.45, 2.75) is 116 Å². The highest BCUT2D eigenvalue weighted by Gasteiger charge is 2.61. The third kappa shape index (κ3) is 3.67. The van der Waals surface area contributed by atoms with Gasteiger partial charge in [0.1, 0.15) is 5.60 Å². The molecule has 0 aromatic carbocycles. The maximum atomic E-state index is 10.7. The molecule has 4 rings (SSSR count). The van der Waals surface area contributed by atoms with Crippen molar-refractivity contribution >= 4 is 0 Å². The maximum Gasteiger partial charge on any atom is 0.122 e. The van der Waals surface area contributed by atoms with E-state index in [0.29, 0.717) is 29.1 Å². The molecular formula is C28H46O2. The predicted octanol–water partition coefficient (Wildman–Crippen LogP) is 6.20. The molecule has 0 amide bonds. The van der Waals surface area contributed by atoms with Gasteiger partial charge in [-0.1, -0.05) is 26.7 Å². The van der Waals surface area contributed by atoms with Gasteiger partial charge in [0, 0.05) is 0 Å². The number of terminal acetylenes is 1. The van der Waals surface area contributed by atoms with Gasteiger partial charge >= 0.3 is 0 Å². The molecule has 30 heavy (non-hydrogen) atoms. The van der Waals surface area contributed by atoms with E-state index in [-0.39, 0.29) is 0 Å². The van der Waals surface area contributed by atoms with Crippen LogP contribution in [0.1, 0.15) is 105 Å². The first-order valence-corrected chi connectivity index (χ1v) is 12.8. The van der Waals surface area contributed by atoms with Crippen LogP contribution >= 0.6 is 0 Å².